The fraction of sp³-hybridized carbons (Fsp3) is 0.667. The Morgan fingerprint density at radius 3 is 2.54 bits per heavy atom. The molecule has 1 aliphatic carbocycles. The topological polar surface area (TPSA) is 38.7 Å². The molecule has 1 fully saturated rings. The van der Waals surface area contributed by atoms with E-state index in [1.807, 2.05) is 0 Å². The summed E-state index contributed by atoms with van der Waals surface area (Å²) >= 11 is 6.00. The van der Waals surface area contributed by atoms with Crippen LogP contribution >= 0.6 is 11.6 Å². The van der Waals surface area contributed by atoms with E-state index < -0.39 is 0 Å². The van der Waals surface area contributed by atoms with Crippen LogP contribution in [0.3, 0.4) is 0 Å². The molecule has 4 heteroatoms. The molecule has 1 aromatic rings. The van der Waals surface area contributed by atoms with E-state index in [0.717, 1.165) is 5.69 Å². The summed E-state index contributed by atoms with van der Waals surface area (Å²) in [5.41, 5.74) is 0.893. The van der Waals surface area contributed by atoms with Crippen LogP contribution in [-0.4, -0.2) is 15.2 Å². The molecule has 70 valence electrons. The zero-order valence-corrected chi connectivity index (χ0v) is 8.38. The molecule has 0 aromatic carbocycles. The highest BCUT2D eigenvalue weighted by molar-refractivity contribution is 6.30. The smallest absolute Gasteiger partial charge is 0.154 e. The second kappa shape index (κ2) is 3.58. The third-order valence-corrected chi connectivity index (χ3v) is 2.79. The molecule has 1 aliphatic rings. The van der Waals surface area contributed by atoms with Crippen molar-refractivity contribution in [1.82, 2.24) is 15.2 Å². The minimum absolute atomic E-state index is 0.494. The molecule has 1 aromatic heterocycles. The lowest BCUT2D eigenvalue weighted by molar-refractivity contribution is 0.666. The summed E-state index contributed by atoms with van der Waals surface area (Å²) in [5.74, 6) is 1.14. The van der Waals surface area contributed by atoms with Gasteiger partial charge in [0.1, 0.15) is 11.5 Å². The molecule has 0 N–H and O–H groups in total. The summed E-state index contributed by atoms with van der Waals surface area (Å²) in [7, 11) is 0. The van der Waals surface area contributed by atoms with Gasteiger partial charge in [-0.3, -0.25) is 0 Å². The van der Waals surface area contributed by atoms with Crippen molar-refractivity contribution in [3.8, 4) is 0 Å². The Morgan fingerprint density at radius 2 is 1.92 bits per heavy atom. The Labute approximate surface area is 82.5 Å². The monoisotopic (exact) mass is 197 g/mol. The van der Waals surface area contributed by atoms with Crippen molar-refractivity contribution in [2.45, 2.75) is 38.5 Å². The Kier molecular flexibility index (Phi) is 2.44. The number of halogens is 1. The van der Waals surface area contributed by atoms with E-state index in [0.29, 0.717) is 16.9 Å². The van der Waals surface area contributed by atoms with E-state index in [-0.39, 0.29) is 0 Å². The van der Waals surface area contributed by atoms with Gasteiger partial charge in [0, 0.05) is 5.92 Å². The van der Waals surface area contributed by atoms with Crippen LogP contribution < -0.4 is 0 Å². The van der Waals surface area contributed by atoms with Crippen molar-refractivity contribution in [3.63, 3.8) is 0 Å². The molecule has 0 bridgehead atoms. The first-order valence-electron chi connectivity index (χ1n) is 4.64. The standard InChI is InChI=1S/C9H12ClN3/c1-6-11-9(10)8(13-12-6)7-4-2-3-5-7/h7H,2-5H2,1H3. The third kappa shape index (κ3) is 1.80. The maximum atomic E-state index is 6.00. The Morgan fingerprint density at radius 1 is 1.23 bits per heavy atom. The van der Waals surface area contributed by atoms with Crippen molar-refractivity contribution in [1.29, 1.82) is 0 Å². The highest BCUT2D eigenvalue weighted by Crippen LogP contribution is 2.35. The van der Waals surface area contributed by atoms with Crippen molar-refractivity contribution in [2.24, 2.45) is 0 Å². The molecule has 0 radical (unpaired) electrons. The number of aryl methyl sites for hydroxylation is 1. The van der Waals surface area contributed by atoms with Crippen molar-refractivity contribution >= 4 is 11.6 Å². The summed E-state index contributed by atoms with van der Waals surface area (Å²) in [6.45, 7) is 1.80. The average molecular weight is 198 g/mol. The molecular weight excluding hydrogens is 186 g/mol. The van der Waals surface area contributed by atoms with Gasteiger partial charge in [0.05, 0.1) is 0 Å². The normalized spacial score (nSPS) is 18.0. The van der Waals surface area contributed by atoms with E-state index in [9.17, 15) is 0 Å². The van der Waals surface area contributed by atoms with Gasteiger partial charge >= 0.3 is 0 Å². The zero-order valence-electron chi connectivity index (χ0n) is 7.63. The molecule has 0 atom stereocenters. The first kappa shape index (κ1) is 8.88. The Balaban J connectivity index is 2.29. The zero-order chi connectivity index (χ0) is 9.26. The van der Waals surface area contributed by atoms with Gasteiger partial charge in [-0.2, -0.15) is 5.10 Å². The second-order valence-electron chi connectivity index (χ2n) is 3.52. The molecule has 0 saturated heterocycles. The number of nitrogens with zero attached hydrogens (tertiary/aromatic N) is 3. The molecule has 3 nitrogen and oxygen atoms in total. The molecule has 13 heavy (non-hydrogen) atoms. The molecule has 0 amide bonds. The van der Waals surface area contributed by atoms with Crippen LogP contribution in [0, 0.1) is 6.92 Å². The number of rotatable bonds is 1. The summed E-state index contributed by atoms with van der Waals surface area (Å²) in [5, 5.41) is 8.60. The van der Waals surface area contributed by atoms with E-state index in [1.165, 1.54) is 25.7 Å². The highest BCUT2D eigenvalue weighted by Gasteiger charge is 2.21. The van der Waals surface area contributed by atoms with Crippen LogP contribution in [0.2, 0.25) is 5.15 Å². The van der Waals surface area contributed by atoms with Gasteiger partial charge < -0.3 is 0 Å². The SMILES string of the molecule is Cc1nnc(C2CCCC2)c(Cl)n1. The van der Waals surface area contributed by atoms with Crippen LogP contribution in [0.15, 0.2) is 0 Å². The predicted octanol–water partition coefficient (Wildman–Crippen LogP) is 2.49. The Hall–Kier alpha value is -0.700. The summed E-state index contributed by atoms with van der Waals surface area (Å²) in [4.78, 5) is 4.11. The van der Waals surface area contributed by atoms with Crippen molar-refractivity contribution in [3.05, 3.63) is 16.7 Å². The van der Waals surface area contributed by atoms with E-state index in [1.54, 1.807) is 6.92 Å². The highest BCUT2D eigenvalue weighted by atomic mass is 35.5. The summed E-state index contributed by atoms with van der Waals surface area (Å²) < 4.78 is 0. The van der Waals surface area contributed by atoms with Gasteiger partial charge in [-0.1, -0.05) is 24.4 Å². The lowest BCUT2D eigenvalue weighted by Crippen LogP contribution is -2.03. The molecule has 0 unspecified atom stereocenters. The van der Waals surface area contributed by atoms with Gasteiger partial charge in [0.2, 0.25) is 0 Å². The Bertz CT molecular complexity index is 308. The maximum Gasteiger partial charge on any atom is 0.154 e. The predicted molar refractivity (Wildman–Crippen MR) is 50.8 cm³/mol. The van der Waals surface area contributed by atoms with E-state index >= 15 is 0 Å². The van der Waals surface area contributed by atoms with Crippen LogP contribution in [0.25, 0.3) is 0 Å². The fourth-order valence-electron chi connectivity index (χ4n) is 1.84. The first-order chi connectivity index (χ1) is 6.27. The molecule has 0 aliphatic heterocycles. The van der Waals surface area contributed by atoms with Gasteiger partial charge in [-0.15, -0.1) is 5.10 Å². The van der Waals surface area contributed by atoms with Crippen molar-refractivity contribution in [2.75, 3.05) is 0 Å². The minimum Gasteiger partial charge on any atom is -0.218 e. The van der Waals surface area contributed by atoms with Crippen LogP contribution in [-0.2, 0) is 0 Å². The summed E-state index contributed by atoms with van der Waals surface area (Å²) in [6.07, 6.45) is 4.91. The van der Waals surface area contributed by atoms with Crippen LogP contribution in [0.1, 0.15) is 43.1 Å². The van der Waals surface area contributed by atoms with Crippen molar-refractivity contribution < 1.29 is 0 Å². The minimum atomic E-state index is 0.494. The number of hydrogen-bond acceptors (Lipinski definition) is 3. The molecule has 1 saturated carbocycles. The van der Waals surface area contributed by atoms with Gasteiger partial charge in [0.15, 0.2) is 5.15 Å². The maximum absolute atomic E-state index is 6.00. The lowest BCUT2D eigenvalue weighted by atomic mass is 10.1. The molecule has 0 spiro atoms. The number of aromatic nitrogens is 3. The molecule has 1 heterocycles. The van der Waals surface area contributed by atoms with Gasteiger partial charge in [-0.05, 0) is 19.8 Å². The van der Waals surface area contributed by atoms with E-state index in [2.05, 4.69) is 15.2 Å². The third-order valence-electron chi connectivity index (χ3n) is 2.52. The quantitative estimate of drug-likeness (QED) is 0.695. The summed E-state index contributed by atoms with van der Waals surface area (Å²) in [6, 6.07) is 0. The average Bonchev–Trinajstić information content (AvgIpc) is 2.56. The van der Waals surface area contributed by atoms with Gasteiger partial charge in [-0.25, -0.2) is 4.98 Å². The first-order valence-corrected chi connectivity index (χ1v) is 5.02. The molecule has 2 rings (SSSR count). The van der Waals surface area contributed by atoms with E-state index in [4.69, 9.17) is 11.6 Å². The number of hydrogen-bond donors (Lipinski definition) is 0. The fourth-order valence-corrected chi connectivity index (χ4v) is 2.15. The van der Waals surface area contributed by atoms with Gasteiger partial charge in [0.25, 0.3) is 0 Å². The largest absolute Gasteiger partial charge is 0.218 e. The van der Waals surface area contributed by atoms with Crippen LogP contribution in [0.5, 0.6) is 0 Å². The second-order valence-corrected chi connectivity index (χ2v) is 3.87. The lowest BCUT2D eigenvalue weighted by Gasteiger charge is -2.08. The molecular formula is C9H12ClN3. The van der Waals surface area contributed by atoms with Crippen LogP contribution in [0.4, 0.5) is 0 Å².